The largest absolute Gasteiger partial charge is 0.416 e. The average molecular weight is 428 g/mol. The number of hydrogen-bond donors (Lipinski definition) is 3. The van der Waals surface area contributed by atoms with Crippen LogP contribution in [0.1, 0.15) is 43.7 Å². The van der Waals surface area contributed by atoms with Gasteiger partial charge in [-0.3, -0.25) is 4.79 Å². The highest BCUT2D eigenvalue weighted by Crippen LogP contribution is 2.29. The number of unbranched alkanes of at least 4 members (excludes halogenated alkanes) is 1. The zero-order valence-corrected chi connectivity index (χ0v) is 17.5. The number of carbonyl (C=O) groups is 1. The molecule has 1 saturated heterocycles. The molecule has 6 nitrogen and oxygen atoms in total. The minimum Gasteiger partial charge on any atom is -0.369 e. The Morgan fingerprint density at radius 2 is 1.97 bits per heavy atom. The van der Waals surface area contributed by atoms with E-state index in [-0.39, 0.29) is 18.4 Å². The monoisotopic (exact) mass is 427 g/mol. The highest BCUT2D eigenvalue weighted by molar-refractivity contribution is 5.79. The molecule has 1 aromatic rings. The van der Waals surface area contributed by atoms with Gasteiger partial charge in [0.1, 0.15) is 0 Å². The lowest BCUT2D eigenvalue weighted by Gasteiger charge is -2.30. The Morgan fingerprint density at radius 3 is 2.60 bits per heavy atom. The number of aliphatic imine (C=N–C) groups is 1. The number of nitrogens with zero attached hydrogens (tertiary/aromatic N) is 2. The summed E-state index contributed by atoms with van der Waals surface area (Å²) in [6.45, 7) is 6.30. The number of nitrogens with one attached hydrogen (secondary N) is 2. The topological polar surface area (TPSA) is 82.8 Å². The van der Waals surface area contributed by atoms with Crippen LogP contribution < -0.4 is 16.4 Å². The van der Waals surface area contributed by atoms with Crippen molar-refractivity contribution in [2.24, 2.45) is 16.6 Å². The second kappa shape index (κ2) is 11.8. The van der Waals surface area contributed by atoms with Gasteiger partial charge in [-0.05, 0) is 69.9 Å². The number of primary amides is 1. The number of guanidine groups is 1. The number of hydrogen-bond acceptors (Lipinski definition) is 3. The van der Waals surface area contributed by atoms with E-state index in [4.69, 9.17) is 5.73 Å². The van der Waals surface area contributed by atoms with Gasteiger partial charge in [0.15, 0.2) is 5.96 Å². The van der Waals surface area contributed by atoms with Gasteiger partial charge in [0.2, 0.25) is 5.91 Å². The highest BCUT2D eigenvalue weighted by atomic mass is 19.4. The van der Waals surface area contributed by atoms with Crippen molar-refractivity contribution in [1.29, 1.82) is 0 Å². The molecule has 1 aromatic carbocycles. The van der Waals surface area contributed by atoms with Gasteiger partial charge in [0, 0.05) is 19.0 Å². The maximum absolute atomic E-state index is 12.8. The summed E-state index contributed by atoms with van der Waals surface area (Å²) in [7, 11) is 0. The molecule has 1 heterocycles. The van der Waals surface area contributed by atoms with Crippen LogP contribution in [-0.4, -0.2) is 49.5 Å². The van der Waals surface area contributed by atoms with Gasteiger partial charge in [-0.15, -0.1) is 0 Å². The molecule has 9 heteroatoms. The predicted molar refractivity (Wildman–Crippen MR) is 112 cm³/mol. The Kier molecular flexibility index (Phi) is 9.42. The fourth-order valence-corrected chi connectivity index (χ4v) is 3.47. The third kappa shape index (κ3) is 8.22. The van der Waals surface area contributed by atoms with Crippen LogP contribution in [0, 0.1) is 5.92 Å². The molecule has 30 heavy (non-hydrogen) atoms. The van der Waals surface area contributed by atoms with Gasteiger partial charge in [-0.2, -0.15) is 13.2 Å². The summed E-state index contributed by atoms with van der Waals surface area (Å²) < 4.78 is 38.5. The Bertz CT molecular complexity index is 700. The van der Waals surface area contributed by atoms with E-state index >= 15 is 0 Å². The van der Waals surface area contributed by atoms with E-state index in [9.17, 15) is 18.0 Å². The van der Waals surface area contributed by atoms with E-state index in [1.54, 1.807) is 6.07 Å². The Labute approximate surface area is 176 Å². The molecule has 0 bridgehead atoms. The van der Waals surface area contributed by atoms with Crippen LogP contribution in [0.15, 0.2) is 29.3 Å². The van der Waals surface area contributed by atoms with Crippen molar-refractivity contribution >= 4 is 11.9 Å². The number of rotatable bonds is 9. The molecule has 0 aromatic heterocycles. The SMILES string of the molecule is CCNC(=NCc1cccc(C(F)(F)F)c1)NCCCCN1CCC(C(N)=O)CC1. The lowest BCUT2D eigenvalue weighted by molar-refractivity contribution is -0.137. The van der Waals surface area contributed by atoms with Crippen LogP contribution in [0.5, 0.6) is 0 Å². The number of piperidine rings is 1. The van der Waals surface area contributed by atoms with E-state index in [2.05, 4.69) is 20.5 Å². The van der Waals surface area contributed by atoms with Gasteiger partial charge in [0.05, 0.1) is 12.1 Å². The summed E-state index contributed by atoms with van der Waals surface area (Å²) in [5.41, 5.74) is 5.22. The number of halogens is 3. The lowest BCUT2D eigenvalue weighted by atomic mass is 9.96. The zero-order chi connectivity index (χ0) is 22.0. The molecule has 0 atom stereocenters. The van der Waals surface area contributed by atoms with Crippen LogP contribution >= 0.6 is 0 Å². The number of carbonyl (C=O) groups excluding carboxylic acids is 1. The maximum atomic E-state index is 12.8. The molecular formula is C21H32F3N5O. The maximum Gasteiger partial charge on any atom is 0.416 e. The predicted octanol–water partition coefficient (Wildman–Crippen LogP) is 2.74. The normalized spacial score (nSPS) is 16.5. The first kappa shape index (κ1) is 24.0. The summed E-state index contributed by atoms with van der Waals surface area (Å²) >= 11 is 0. The molecule has 1 aliphatic heterocycles. The Hall–Kier alpha value is -2.29. The molecular weight excluding hydrogens is 395 g/mol. The fourth-order valence-electron chi connectivity index (χ4n) is 3.47. The van der Waals surface area contributed by atoms with E-state index in [0.29, 0.717) is 18.1 Å². The summed E-state index contributed by atoms with van der Waals surface area (Å²) in [5, 5.41) is 6.35. The molecule has 1 amide bonds. The van der Waals surface area contributed by atoms with Crippen molar-refractivity contribution in [2.75, 3.05) is 32.7 Å². The zero-order valence-electron chi connectivity index (χ0n) is 17.5. The fraction of sp³-hybridized carbons (Fsp3) is 0.619. The molecule has 1 fully saturated rings. The van der Waals surface area contributed by atoms with Crippen molar-refractivity contribution in [2.45, 2.75) is 45.3 Å². The first-order chi connectivity index (χ1) is 14.3. The lowest BCUT2D eigenvalue weighted by Crippen LogP contribution is -2.39. The molecule has 4 N–H and O–H groups in total. The summed E-state index contributed by atoms with van der Waals surface area (Å²) in [6, 6.07) is 5.24. The van der Waals surface area contributed by atoms with Crippen LogP contribution in [0.4, 0.5) is 13.2 Å². The molecule has 0 unspecified atom stereocenters. The molecule has 168 valence electrons. The minimum absolute atomic E-state index is 0.0126. The molecule has 1 aliphatic rings. The number of likely N-dealkylation sites (tertiary alicyclic amines) is 1. The Morgan fingerprint density at radius 1 is 1.23 bits per heavy atom. The van der Waals surface area contributed by atoms with Gasteiger partial charge in [-0.25, -0.2) is 4.99 Å². The molecule has 0 radical (unpaired) electrons. The van der Waals surface area contributed by atoms with Crippen LogP contribution in [0.2, 0.25) is 0 Å². The average Bonchev–Trinajstić information content (AvgIpc) is 2.71. The summed E-state index contributed by atoms with van der Waals surface area (Å²) in [5.74, 6) is 0.412. The number of alkyl halides is 3. The van der Waals surface area contributed by atoms with Crippen LogP contribution in [-0.2, 0) is 17.5 Å². The highest BCUT2D eigenvalue weighted by Gasteiger charge is 2.30. The number of nitrogens with two attached hydrogens (primary N) is 1. The molecule has 2 rings (SSSR count). The smallest absolute Gasteiger partial charge is 0.369 e. The summed E-state index contributed by atoms with van der Waals surface area (Å²) in [4.78, 5) is 18.0. The Balaban J connectivity index is 1.72. The molecule has 0 saturated carbocycles. The van der Waals surface area contributed by atoms with Gasteiger partial charge in [0.25, 0.3) is 0 Å². The third-order valence-corrected chi connectivity index (χ3v) is 5.20. The standard InChI is InChI=1S/C21H32F3N5O/c1-2-26-20(28-15-16-6-5-7-18(14-16)21(22,23)24)27-10-3-4-11-29-12-8-17(9-13-29)19(25)30/h5-7,14,17H,2-4,8-13,15H2,1H3,(H2,25,30)(H2,26,27,28). The van der Waals surface area contributed by atoms with Crippen LogP contribution in [0.3, 0.4) is 0 Å². The first-order valence-corrected chi connectivity index (χ1v) is 10.5. The second-order valence-electron chi connectivity index (χ2n) is 7.55. The van der Waals surface area contributed by atoms with Crippen molar-refractivity contribution in [3.05, 3.63) is 35.4 Å². The van der Waals surface area contributed by atoms with E-state index in [0.717, 1.165) is 64.0 Å². The van der Waals surface area contributed by atoms with Crippen molar-refractivity contribution in [3.63, 3.8) is 0 Å². The van der Waals surface area contributed by atoms with Crippen LogP contribution in [0.25, 0.3) is 0 Å². The quantitative estimate of drug-likeness (QED) is 0.322. The van der Waals surface area contributed by atoms with E-state index < -0.39 is 11.7 Å². The molecule has 0 aliphatic carbocycles. The number of amides is 1. The van der Waals surface area contributed by atoms with Crippen molar-refractivity contribution in [1.82, 2.24) is 15.5 Å². The van der Waals surface area contributed by atoms with Gasteiger partial charge >= 0.3 is 6.18 Å². The van der Waals surface area contributed by atoms with Crippen molar-refractivity contribution in [3.8, 4) is 0 Å². The summed E-state index contributed by atoms with van der Waals surface area (Å²) in [6.07, 6.45) is -0.719. The molecule has 0 spiro atoms. The third-order valence-electron chi connectivity index (χ3n) is 5.20. The van der Waals surface area contributed by atoms with Gasteiger partial charge < -0.3 is 21.3 Å². The van der Waals surface area contributed by atoms with E-state index in [1.807, 2.05) is 6.92 Å². The van der Waals surface area contributed by atoms with Gasteiger partial charge in [-0.1, -0.05) is 12.1 Å². The van der Waals surface area contributed by atoms with E-state index in [1.165, 1.54) is 6.07 Å². The minimum atomic E-state index is -4.35. The number of benzene rings is 1. The first-order valence-electron chi connectivity index (χ1n) is 10.5. The van der Waals surface area contributed by atoms with Crippen molar-refractivity contribution < 1.29 is 18.0 Å². The second-order valence-corrected chi connectivity index (χ2v) is 7.55.